The van der Waals surface area contributed by atoms with Crippen LogP contribution in [0.2, 0.25) is 0 Å². The third kappa shape index (κ3) is 4.06. The summed E-state index contributed by atoms with van der Waals surface area (Å²) in [6, 6.07) is 2.16. The lowest BCUT2D eigenvalue weighted by molar-refractivity contribution is 0.199. The molecule has 1 N–H and O–H groups in total. The molecule has 0 atom stereocenters. The van der Waals surface area contributed by atoms with Gasteiger partial charge in [-0.25, -0.2) is 9.97 Å². The lowest BCUT2D eigenvalue weighted by atomic mass is 10.2. The summed E-state index contributed by atoms with van der Waals surface area (Å²) in [5.41, 5.74) is 2.35. The Labute approximate surface area is 123 Å². The molecule has 0 aliphatic heterocycles. The monoisotopic (exact) mass is 292 g/mol. The SMILES string of the molecule is COCCNCc1cnc(Sc2nccn2C)c(C)c1. The number of hydrogen-bond acceptors (Lipinski definition) is 5. The number of pyridine rings is 1. The van der Waals surface area contributed by atoms with E-state index in [1.54, 1.807) is 25.1 Å². The smallest absolute Gasteiger partial charge is 0.174 e. The van der Waals surface area contributed by atoms with Gasteiger partial charge in [-0.2, -0.15) is 0 Å². The predicted octanol–water partition coefficient (Wildman–Crippen LogP) is 2.01. The van der Waals surface area contributed by atoms with E-state index in [4.69, 9.17) is 4.74 Å². The van der Waals surface area contributed by atoms with Gasteiger partial charge < -0.3 is 14.6 Å². The highest BCUT2D eigenvalue weighted by Gasteiger charge is 2.07. The number of ether oxygens (including phenoxy) is 1. The molecule has 108 valence electrons. The minimum absolute atomic E-state index is 0.722. The summed E-state index contributed by atoms with van der Waals surface area (Å²) in [5.74, 6) is 0. The summed E-state index contributed by atoms with van der Waals surface area (Å²) in [6.45, 7) is 4.46. The van der Waals surface area contributed by atoms with E-state index < -0.39 is 0 Å². The maximum absolute atomic E-state index is 5.00. The molecule has 6 heteroatoms. The number of rotatable bonds is 7. The first kappa shape index (κ1) is 15.0. The van der Waals surface area contributed by atoms with E-state index in [0.717, 1.165) is 29.9 Å². The van der Waals surface area contributed by atoms with Crippen molar-refractivity contribution in [1.29, 1.82) is 0 Å². The van der Waals surface area contributed by atoms with Crippen molar-refractivity contribution in [2.45, 2.75) is 23.7 Å². The number of nitrogens with one attached hydrogen (secondary N) is 1. The molecule has 0 aromatic carbocycles. The van der Waals surface area contributed by atoms with Gasteiger partial charge in [0.1, 0.15) is 5.03 Å². The first-order valence-electron chi connectivity index (χ1n) is 6.51. The molecule has 0 aliphatic carbocycles. The average molecular weight is 292 g/mol. The van der Waals surface area contributed by atoms with Gasteiger partial charge >= 0.3 is 0 Å². The fourth-order valence-corrected chi connectivity index (χ4v) is 2.58. The molecule has 0 radical (unpaired) electrons. The number of methoxy groups -OCH3 is 1. The van der Waals surface area contributed by atoms with Gasteiger partial charge in [0.25, 0.3) is 0 Å². The van der Waals surface area contributed by atoms with Crippen molar-refractivity contribution in [3.63, 3.8) is 0 Å². The van der Waals surface area contributed by atoms with Crippen LogP contribution in [-0.2, 0) is 18.3 Å². The van der Waals surface area contributed by atoms with E-state index in [-0.39, 0.29) is 0 Å². The molecule has 2 rings (SSSR count). The Morgan fingerprint density at radius 3 is 2.90 bits per heavy atom. The molecule has 0 saturated heterocycles. The second-order valence-corrected chi connectivity index (χ2v) is 5.51. The summed E-state index contributed by atoms with van der Waals surface area (Å²) in [5, 5.41) is 5.27. The molecule has 0 aliphatic rings. The molecule has 5 nitrogen and oxygen atoms in total. The second kappa shape index (κ2) is 7.42. The molecule has 0 fully saturated rings. The molecule has 0 amide bonds. The maximum Gasteiger partial charge on any atom is 0.174 e. The average Bonchev–Trinajstić information content (AvgIpc) is 2.83. The lowest BCUT2D eigenvalue weighted by Gasteiger charge is -2.08. The highest BCUT2D eigenvalue weighted by molar-refractivity contribution is 7.99. The van der Waals surface area contributed by atoms with E-state index >= 15 is 0 Å². The van der Waals surface area contributed by atoms with Gasteiger partial charge in [-0.1, -0.05) is 6.07 Å². The first-order chi connectivity index (χ1) is 9.70. The van der Waals surface area contributed by atoms with Crippen LogP contribution in [-0.4, -0.2) is 34.8 Å². The molecular weight excluding hydrogens is 272 g/mol. The highest BCUT2D eigenvalue weighted by Crippen LogP contribution is 2.26. The number of aryl methyl sites for hydroxylation is 2. The third-order valence-electron chi connectivity index (χ3n) is 2.86. The number of nitrogens with zero attached hydrogens (tertiary/aromatic N) is 3. The van der Waals surface area contributed by atoms with E-state index in [1.165, 1.54) is 11.1 Å². The van der Waals surface area contributed by atoms with E-state index in [9.17, 15) is 0 Å². The van der Waals surface area contributed by atoms with E-state index in [1.807, 2.05) is 24.0 Å². The molecule has 2 aromatic heterocycles. The van der Waals surface area contributed by atoms with Gasteiger partial charge in [0, 0.05) is 45.8 Å². The van der Waals surface area contributed by atoms with Gasteiger partial charge in [0.05, 0.1) is 6.61 Å². The van der Waals surface area contributed by atoms with Crippen molar-refractivity contribution in [3.8, 4) is 0 Å². The Hall–Kier alpha value is -1.37. The van der Waals surface area contributed by atoms with Crippen molar-refractivity contribution >= 4 is 11.8 Å². The number of imidazole rings is 1. The Morgan fingerprint density at radius 2 is 2.25 bits per heavy atom. The molecule has 0 spiro atoms. The second-order valence-electron chi connectivity index (χ2n) is 4.56. The van der Waals surface area contributed by atoms with Gasteiger partial charge in [0.2, 0.25) is 0 Å². The van der Waals surface area contributed by atoms with Crippen molar-refractivity contribution in [3.05, 3.63) is 35.8 Å². The third-order valence-corrected chi connectivity index (χ3v) is 4.06. The summed E-state index contributed by atoms with van der Waals surface area (Å²) >= 11 is 1.59. The van der Waals surface area contributed by atoms with Gasteiger partial charge in [-0.15, -0.1) is 0 Å². The van der Waals surface area contributed by atoms with Crippen LogP contribution in [0, 0.1) is 6.92 Å². The van der Waals surface area contributed by atoms with Crippen molar-refractivity contribution < 1.29 is 4.74 Å². The maximum atomic E-state index is 5.00. The quantitative estimate of drug-likeness (QED) is 0.791. The van der Waals surface area contributed by atoms with Crippen molar-refractivity contribution in [1.82, 2.24) is 19.9 Å². The molecule has 0 unspecified atom stereocenters. The molecule has 2 aromatic rings. The van der Waals surface area contributed by atoms with Gasteiger partial charge in [0.15, 0.2) is 5.16 Å². The minimum atomic E-state index is 0.722. The van der Waals surface area contributed by atoms with Crippen molar-refractivity contribution in [2.75, 3.05) is 20.3 Å². The van der Waals surface area contributed by atoms with Crippen LogP contribution in [0.4, 0.5) is 0 Å². The summed E-state index contributed by atoms with van der Waals surface area (Å²) in [4.78, 5) is 8.84. The van der Waals surface area contributed by atoms with Crippen LogP contribution in [0.5, 0.6) is 0 Å². The molecule has 0 bridgehead atoms. The Balaban J connectivity index is 1.97. The predicted molar refractivity (Wildman–Crippen MR) is 79.9 cm³/mol. The van der Waals surface area contributed by atoms with Crippen molar-refractivity contribution in [2.24, 2.45) is 7.05 Å². The minimum Gasteiger partial charge on any atom is -0.383 e. The van der Waals surface area contributed by atoms with Crippen LogP contribution >= 0.6 is 11.8 Å². The van der Waals surface area contributed by atoms with Crippen LogP contribution in [0.3, 0.4) is 0 Å². The normalized spacial score (nSPS) is 10.9. The summed E-state index contributed by atoms with van der Waals surface area (Å²) in [7, 11) is 3.69. The Morgan fingerprint density at radius 1 is 1.40 bits per heavy atom. The Kier molecular flexibility index (Phi) is 5.58. The molecule has 2 heterocycles. The topological polar surface area (TPSA) is 52.0 Å². The van der Waals surface area contributed by atoms with Gasteiger partial charge in [-0.3, -0.25) is 0 Å². The molecule has 0 saturated carbocycles. The summed E-state index contributed by atoms with van der Waals surface area (Å²) < 4.78 is 6.99. The van der Waals surface area contributed by atoms with E-state index in [0.29, 0.717) is 0 Å². The Bertz CT molecular complexity index is 556. The molecular formula is C14H20N4OS. The number of aromatic nitrogens is 3. The fraction of sp³-hybridized carbons (Fsp3) is 0.429. The fourth-order valence-electron chi connectivity index (χ4n) is 1.77. The van der Waals surface area contributed by atoms with Crippen LogP contribution in [0.15, 0.2) is 34.8 Å². The standard InChI is InChI=1S/C14H20N4OS/c1-11-8-12(9-15-5-7-19-3)10-17-13(11)20-14-16-4-6-18(14)2/h4,6,8,10,15H,5,7,9H2,1-3H3. The largest absolute Gasteiger partial charge is 0.383 e. The summed E-state index contributed by atoms with van der Waals surface area (Å²) in [6.07, 6.45) is 5.65. The zero-order valence-electron chi connectivity index (χ0n) is 12.1. The zero-order chi connectivity index (χ0) is 14.4. The van der Waals surface area contributed by atoms with Gasteiger partial charge in [-0.05, 0) is 29.8 Å². The lowest BCUT2D eigenvalue weighted by Crippen LogP contribution is -2.18. The zero-order valence-corrected chi connectivity index (χ0v) is 12.9. The first-order valence-corrected chi connectivity index (χ1v) is 7.32. The van der Waals surface area contributed by atoms with Crippen LogP contribution in [0.1, 0.15) is 11.1 Å². The van der Waals surface area contributed by atoms with Crippen LogP contribution < -0.4 is 5.32 Å². The highest BCUT2D eigenvalue weighted by atomic mass is 32.2. The molecule has 20 heavy (non-hydrogen) atoms. The van der Waals surface area contributed by atoms with Crippen LogP contribution in [0.25, 0.3) is 0 Å². The number of hydrogen-bond donors (Lipinski definition) is 1. The van der Waals surface area contributed by atoms with E-state index in [2.05, 4.69) is 28.3 Å².